The van der Waals surface area contributed by atoms with Crippen LogP contribution in [0, 0.1) is 13.8 Å². The molecule has 142 valence electrons. The fourth-order valence-electron chi connectivity index (χ4n) is 2.70. The summed E-state index contributed by atoms with van der Waals surface area (Å²) in [5.41, 5.74) is 1.19. The van der Waals surface area contributed by atoms with Crippen LogP contribution in [-0.2, 0) is 10.5 Å². The number of thiophene rings is 1. The minimum atomic E-state index is 0.0501. The minimum absolute atomic E-state index is 0.0501. The number of hydrogen-bond donors (Lipinski definition) is 0. The molecule has 0 spiro atoms. The zero-order valence-corrected chi connectivity index (χ0v) is 17.9. The maximum atomic E-state index is 12.2. The number of thioether (sulfide) groups is 1. The topological polar surface area (TPSA) is 49.3 Å². The number of carbonyl (C=O) groups is 1. The van der Waals surface area contributed by atoms with Crippen molar-refractivity contribution in [2.75, 3.05) is 32.6 Å². The van der Waals surface area contributed by atoms with Gasteiger partial charge in [-0.05, 0) is 31.5 Å². The lowest BCUT2D eigenvalue weighted by molar-refractivity contribution is -0.127. The molecule has 0 radical (unpaired) electrons. The molecule has 0 saturated carbocycles. The minimum Gasteiger partial charge on any atom is -0.350 e. The van der Waals surface area contributed by atoms with Crippen molar-refractivity contribution in [2.45, 2.75) is 24.5 Å². The number of aromatic nitrogens is 2. The highest BCUT2D eigenvalue weighted by Gasteiger charge is 2.19. The molecule has 3 aromatic rings. The van der Waals surface area contributed by atoms with Gasteiger partial charge in [-0.25, -0.2) is 9.97 Å². The second-order valence-corrected chi connectivity index (χ2v) is 8.92. The van der Waals surface area contributed by atoms with Crippen molar-refractivity contribution in [2.24, 2.45) is 0 Å². The second-order valence-electron chi connectivity index (χ2n) is 6.67. The van der Waals surface area contributed by atoms with Crippen LogP contribution in [0.4, 0.5) is 5.82 Å². The summed E-state index contributed by atoms with van der Waals surface area (Å²) in [6.07, 6.45) is 0. The number of hydrogen-bond acceptors (Lipinski definition) is 6. The Balaban J connectivity index is 1.95. The molecule has 5 nitrogen and oxygen atoms in total. The van der Waals surface area contributed by atoms with Gasteiger partial charge in [0.2, 0.25) is 5.91 Å². The Bertz CT molecular complexity index is 954. The Morgan fingerprint density at radius 1 is 1.11 bits per heavy atom. The fourth-order valence-corrected chi connectivity index (χ4v) is 4.51. The number of benzene rings is 1. The number of aryl methyl sites for hydroxylation is 2. The summed E-state index contributed by atoms with van der Waals surface area (Å²) < 4.78 is 0. The van der Waals surface area contributed by atoms with Crippen molar-refractivity contribution in [3.05, 3.63) is 46.6 Å². The van der Waals surface area contributed by atoms with E-state index in [1.807, 2.05) is 30.1 Å². The van der Waals surface area contributed by atoms with Gasteiger partial charge in [0.1, 0.15) is 16.5 Å². The monoisotopic (exact) mass is 400 g/mol. The van der Waals surface area contributed by atoms with Gasteiger partial charge in [-0.1, -0.05) is 18.2 Å². The molecule has 7 heteroatoms. The van der Waals surface area contributed by atoms with Crippen LogP contribution in [0.5, 0.6) is 0 Å². The van der Waals surface area contributed by atoms with E-state index in [0.29, 0.717) is 12.3 Å². The Morgan fingerprint density at radius 2 is 1.81 bits per heavy atom. The molecule has 0 N–H and O–H groups in total. The Labute approximate surface area is 168 Å². The third-order valence-corrected chi connectivity index (χ3v) is 6.51. The highest BCUT2D eigenvalue weighted by atomic mass is 32.2. The van der Waals surface area contributed by atoms with Crippen molar-refractivity contribution >= 4 is 45.0 Å². The van der Waals surface area contributed by atoms with Gasteiger partial charge in [0, 0.05) is 30.9 Å². The van der Waals surface area contributed by atoms with Crippen molar-refractivity contribution in [3.63, 3.8) is 0 Å². The summed E-state index contributed by atoms with van der Waals surface area (Å²) in [5, 5.41) is 1.06. The van der Waals surface area contributed by atoms with E-state index < -0.39 is 0 Å². The zero-order valence-electron chi connectivity index (χ0n) is 16.3. The lowest BCUT2D eigenvalue weighted by atomic mass is 10.2. The summed E-state index contributed by atoms with van der Waals surface area (Å²) in [6, 6.07) is 10.3. The predicted molar refractivity (Wildman–Crippen MR) is 115 cm³/mol. The SMILES string of the molecule is Cc1sc2nc(CSc3ccccc3)nc(N(C)CC(=O)N(C)C)c2c1C. The van der Waals surface area contributed by atoms with Crippen LogP contribution in [0.15, 0.2) is 35.2 Å². The summed E-state index contributed by atoms with van der Waals surface area (Å²) in [7, 11) is 5.46. The molecular formula is C20H24N4OS2. The average molecular weight is 401 g/mol. The Morgan fingerprint density at radius 3 is 2.48 bits per heavy atom. The van der Waals surface area contributed by atoms with Crippen molar-refractivity contribution in [3.8, 4) is 0 Å². The van der Waals surface area contributed by atoms with Crippen molar-refractivity contribution in [1.29, 1.82) is 0 Å². The maximum absolute atomic E-state index is 12.2. The van der Waals surface area contributed by atoms with E-state index in [0.717, 1.165) is 21.9 Å². The zero-order chi connectivity index (χ0) is 19.6. The molecule has 0 aliphatic rings. The molecule has 0 aliphatic carbocycles. The number of fused-ring (bicyclic) bond motifs is 1. The van der Waals surface area contributed by atoms with Crippen LogP contribution in [0.1, 0.15) is 16.3 Å². The van der Waals surface area contributed by atoms with Crippen LogP contribution in [0.3, 0.4) is 0 Å². The van der Waals surface area contributed by atoms with Gasteiger partial charge in [-0.15, -0.1) is 23.1 Å². The third kappa shape index (κ3) is 4.42. The van der Waals surface area contributed by atoms with Gasteiger partial charge in [-0.2, -0.15) is 0 Å². The largest absolute Gasteiger partial charge is 0.350 e. The van der Waals surface area contributed by atoms with E-state index in [1.54, 1.807) is 42.1 Å². The van der Waals surface area contributed by atoms with Crippen LogP contribution in [-0.4, -0.2) is 48.5 Å². The van der Waals surface area contributed by atoms with E-state index in [4.69, 9.17) is 9.97 Å². The molecule has 0 saturated heterocycles. The number of likely N-dealkylation sites (N-methyl/N-ethyl adjacent to an activating group) is 2. The average Bonchev–Trinajstić information content (AvgIpc) is 2.94. The first kappa shape index (κ1) is 19.6. The molecule has 1 amide bonds. The molecule has 0 atom stereocenters. The van der Waals surface area contributed by atoms with Crippen molar-refractivity contribution in [1.82, 2.24) is 14.9 Å². The summed E-state index contributed by atoms with van der Waals surface area (Å²) in [6.45, 7) is 4.49. The highest BCUT2D eigenvalue weighted by molar-refractivity contribution is 7.98. The Hall–Kier alpha value is -2.12. The van der Waals surface area contributed by atoms with E-state index >= 15 is 0 Å². The van der Waals surface area contributed by atoms with E-state index in [1.165, 1.54) is 15.3 Å². The van der Waals surface area contributed by atoms with E-state index in [2.05, 4.69) is 26.0 Å². The lowest BCUT2D eigenvalue weighted by Crippen LogP contribution is -2.35. The number of amides is 1. The molecule has 27 heavy (non-hydrogen) atoms. The summed E-state index contributed by atoms with van der Waals surface area (Å²) >= 11 is 3.41. The molecule has 0 bridgehead atoms. The maximum Gasteiger partial charge on any atom is 0.241 e. The van der Waals surface area contributed by atoms with E-state index in [9.17, 15) is 4.79 Å². The molecule has 2 aromatic heterocycles. The molecule has 0 fully saturated rings. The predicted octanol–water partition coefficient (Wildman–Crippen LogP) is 4.12. The lowest BCUT2D eigenvalue weighted by Gasteiger charge is -2.21. The smallest absolute Gasteiger partial charge is 0.241 e. The van der Waals surface area contributed by atoms with Crippen molar-refractivity contribution < 1.29 is 4.79 Å². The van der Waals surface area contributed by atoms with Crippen LogP contribution < -0.4 is 4.90 Å². The molecule has 1 aromatic carbocycles. The van der Waals surface area contributed by atoms with Crippen LogP contribution in [0.25, 0.3) is 10.2 Å². The number of anilines is 1. The highest BCUT2D eigenvalue weighted by Crippen LogP contribution is 2.35. The number of nitrogens with zero attached hydrogens (tertiary/aromatic N) is 4. The van der Waals surface area contributed by atoms with Crippen LogP contribution >= 0.6 is 23.1 Å². The summed E-state index contributed by atoms with van der Waals surface area (Å²) in [4.78, 5) is 28.8. The van der Waals surface area contributed by atoms with Gasteiger partial charge in [0.25, 0.3) is 0 Å². The molecule has 3 rings (SSSR count). The summed E-state index contributed by atoms with van der Waals surface area (Å²) in [5.74, 6) is 2.37. The molecular weight excluding hydrogens is 376 g/mol. The second kappa shape index (κ2) is 8.27. The first-order chi connectivity index (χ1) is 12.9. The van der Waals surface area contributed by atoms with Gasteiger partial charge in [0.05, 0.1) is 17.7 Å². The normalized spacial score (nSPS) is 11.0. The van der Waals surface area contributed by atoms with Gasteiger partial charge in [-0.3, -0.25) is 4.79 Å². The number of carbonyl (C=O) groups excluding carboxylic acids is 1. The van der Waals surface area contributed by atoms with Crippen LogP contribution in [0.2, 0.25) is 0 Å². The fraction of sp³-hybridized carbons (Fsp3) is 0.350. The number of rotatable bonds is 6. The van der Waals surface area contributed by atoms with Gasteiger partial charge < -0.3 is 9.80 Å². The molecule has 2 heterocycles. The quantitative estimate of drug-likeness (QED) is 0.583. The third-order valence-electron chi connectivity index (χ3n) is 4.40. The van der Waals surface area contributed by atoms with Gasteiger partial charge >= 0.3 is 0 Å². The molecule has 0 aliphatic heterocycles. The van der Waals surface area contributed by atoms with Gasteiger partial charge in [0.15, 0.2) is 0 Å². The molecule has 0 unspecified atom stereocenters. The standard InChI is InChI=1S/C20H24N4OS2/c1-13-14(2)27-20-18(13)19(24(5)11-17(25)23(3)4)21-16(22-20)12-26-15-9-7-6-8-10-15/h6-10H,11-12H2,1-5H3. The first-order valence-corrected chi connectivity index (χ1v) is 10.5. The Kier molecular flexibility index (Phi) is 6.01. The van der Waals surface area contributed by atoms with E-state index in [-0.39, 0.29) is 5.91 Å². The first-order valence-electron chi connectivity index (χ1n) is 8.72.